The highest BCUT2D eigenvalue weighted by Gasteiger charge is 2.13. The second-order valence-corrected chi connectivity index (χ2v) is 12.8. The van der Waals surface area contributed by atoms with Gasteiger partial charge in [-0.25, -0.2) is 13.1 Å². The molecule has 110 valence electrons. The molecule has 20 heavy (non-hydrogen) atoms. The van der Waals surface area contributed by atoms with E-state index < -0.39 is 18.1 Å². The first-order valence-corrected chi connectivity index (χ1v) is 11.7. The average molecular weight is 310 g/mol. The Kier molecular flexibility index (Phi) is 5.57. The van der Waals surface area contributed by atoms with Crippen LogP contribution in [0.2, 0.25) is 19.6 Å². The van der Waals surface area contributed by atoms with Crippen LogP contribution in [0.1, 0.15) is 19.4 Å². The van der Waals surface area contributed by atoms with E-state index in [1.165, 1.54) is 0 Å². The molecule has 0 aliphatic rings. The van der Waals surface area contributed by atoms with Gasteiger partial charge in [-0.15, -0.1) is 5.54 Å². The van der Waals surface area contributed by atoms with Crippen LogP contribution in [-0.4, -0.2) is 23.0 Å². The number of hydrogen-bond donors (Lipinski definition) is 1. The zero-order chi connectivity index (χ0) is 15.4. The Morgan fingerprint density at radius 2 is 1.70 bits per heavy atom. The molecule has 0 aromatic heterocycles. The lowest BCUT2D eigenvalue weighted by molar-refractivity contribution is 0.560. The van der Waals surface area contributed by atoms with Gasteiger partial charge in [-0.3, -0.25) is 0 Å². The summed E-state index contributed by atoms with van der Waals surface area (Å²) >= 11 is 0. The molecule has 1 N–H and O–H groups in total. The minimum Gasteiger partial charge on any atom is -0.211 e. The SMILES string of the molecule is CC(C)CNS(=O)(=O)c1ccc(C#C[Si](C)(C)C)cc1. The minimum atomic E-state index is -3.40. The molecule has 0 aliphatic carbocycles. The highest BCUT2D eigenvalue weighted by molar-refractivity contribution is 7.89. The zero-order valence-electron chi connectivity index (χ0n) is 12.8. The maximum atomic E-state index is 12.0. The van der Waals surface area contributed by atoms with E-state index >= 15 is 0 Å². The van der Waals surface area contributed by atoms with E-state index in [2.05, 4.69) is 35.8 Å². The van der Waals surface area contributed by atoms with E-state index in [4.69, 9.17) is 0 Å². The highest BCUT2D eigenvalue weighted by Crippen LogP contribution is 2.10. The van der Waals surface area contributed by atoms with Crippen LogP contribution < -0.4 is 4.72 Å². The molecule has 0 bridgehead atoms. The molecule has 0 fully saturated rings. The maximum Gasteiger partial charge on any atom is 0.240 e. The van der Waals surface area contributed by atoms with Crippen molar-refractivity contribution in [3.63, 3.8) is 0 Å². The summed E-state index contributed by atoms with van der Waals surface area (Å²) in [6.07, 6.45) is 0. The van der Waals surface area contributed by atoms with Gasteiger partial charge in [0.1, 0.15) is 8.07 Å². The van der Waals surface area contributed by atoms with Gasteiger partial charge in [0.2, 0.25) is 10.0 Å². The fraction of sp³-hybridized carbons (Fsp3) is 0.467. The van der Waals surface area contributed by atoms with Crippen molar-refractivity contribution in [1.29, 1.82) is 0 Å². The molecule has 0 radical (unpaired) electrons. The van der Waals surface area contributed by atoms with Crippen LogP contribution in [0.5, 0.6) is 0 Å². The molecule has 0 saturated heterocycles. The van der Waals surface area contributed by atoms with Gasteiger partial charge >= 0.3 is 0 Å². The van der Waals surface area contributed by atoms with Crippen molar-refractivity contribution in [2.24, 2.45) is 5.92 Å². The summed E-state index contributed by atoms with van der Waals surface area (Å²) in [7, 11) is -4.81. The molecular weight excluding hydrogens is 286 g/mol. The minimum absolute atomic E-state index is 0.284. The van der Waals surface area contributed by atoms with Gasteiger partial charge in [0, 0.05) is 12.1 Å². The monoisotopic (exact) mass is 309 g/mol. The summed E-state index contributed by atoms with van der Waals surface area (Å²) in [5.74, 6) is 3.39. The summed E-state index contributed by atoms with van der Waals surface area (Å²) in [5, 5.41) is 0. The van der Waals surface area contributed by atoms with E-state index in [0.29, 0.717) is 6.54 Å². The molecule has 0 atom stereocenters. The molecule has 0 saturated carbocycles. The van der Waals surface area contributed by atoms with E-state index in [1.54, 1.807) is 24.3 Å². The van der Waals surface area contributed by atoms with Gasteiger partial charge < -0.3 is 0 Å². The average Bonchev–Trinajstić information content (AvgIpc) is 2.34. The van der Waals surface area contributed by atoms with Crippen molar-refractivity contribution in [1.82, 2.24) is 4.72 Å². The molecule has 0 amide bonds. The van der Waals surface area contributed by atoms with Crippen LogP contribution in [-0.2, 0) is 10.0 Å². The first kappa shape index (κ1) is 17.0. The molecule has 5 heteroatoms. The third-order valence-electron chi connectivity index (χ3n) is 2.43. The van der Waals surface area contributed by atoms with E-state index in [9.17, 15) is 8.42 Å². The molecule has 0 unspecified atom stereocenters. The number of hydrogen-bond acceptors (Lipinski definition) is 2. The van der Waals surface area contributed by atoms with Gasteiger partial charge in [-0.1, -0.05) is 39.4 Å². The van der Waals surface area contributed by atoms with E-state index in [0.717, 1.165) is 5.56 Å². The van der Waals surface area contributed by atoms with E-state index in [-0.39, 0.29) is 10.8 Å². The molecule has 0 heterocycles. The number of sulfonamides is 1. The molecule has 1 aromatic rings. The Hall–Kier alpha value is -1.09. The van der Waals surface area contributed by atoms with Crippen LogP contribution in [0, 0.1) is 17.4 Å². The smallest absolute Gasteiger partial charge is 0.211 e. The highest BCUT2D eigenvalue weighted by atomic mass is 32.2. The predicted octanol–water partition coefficient (Wildman–Crippen LogP) is 2.85. The summed E-state index contributed by atoms with van der Waals surface area (Å²) < 4.78 is 26.6. The predicted molar refractivity (Wildman–Crippen MR) is 86.7 cm³/mol. The van der Waals surface area contributed by atoms with Gasteiger partial charge in [0.05, 0.1) is 4.90 Å². The van der Waals surface area contributed by atoms with Crippen LogP contribution >= 0.6 is 0 Å². The Labute approximate surface area is 123 Å². The third kappa shape index (κ3) is 5.91. The molecule has 3 nitrogen and oxygen atoms in total. The normalized spacial score (nSPS) is 12.1. The summed E-state index contributed by atoms with van der Waals surface area (Å²) in [4.78, 5) is 0.289. The first-order chi connectivity index (χ1) is 9.10. The number of benzene rings is 1. The second kappa shape index (κ2) is 6.57. The second-order valence-electron chi connectivity index (χ2n) is 6.27. The third-order valence-corrected chi connectivity index (χ3v) is 4.74. The number of rotatable bonds is 4. The van der Waals surface area contributed by atoms with Gasteiger partial charge in [-0.2, -0.15) is 0 Å². The van der Waals surface area contributed by atoms with Crippen molar-refractivity contribution in [3.05, 3.63) is 29.8 Å². The molecule has 0 spiro atoms. The van der Waals surface area contributed by atoms with Crippen molar-refractivity contribution >= 4 is 18.1 Å². The van der Waals surface area contributed by atoms with Crippen LogP contribution in [0.25, 0.3) is 0 Å². The maximum absolute atomic E-state index is 12.0. The quantitative estimate of drug-likeness (QED) is 0.686. The van der Waals surface area contributed by atoms with Gasteiger partial charge in [0.25, 0.3) is 0 Å². The van der Waals surface area contributed by atoms with Crippen molar-refractivity contribution in [2.45, 2.75) is 38.4 Å². The first-order valence-electron chi connectivity index (χ1n) is 6.73. The Morgan fingerprint density at radius 3 is 2.15 bits per heavy atom. The Bertz CT molecular complexity index is 602. The largest absolute Gasteiger partial charge is 0.240 e. The standard InChI is InChI=1S/C15H23NO2SSi/c1-13(2)12-16-19(17,18)15-8-6-14(7-9-15)10-11-20(3,4)5/h6-9,13,16H,12H2,1-5H3. The molecule has 1 aromatic carbocycles. The molecular formula is C15H23NO2SSi. The van der Waals surface area contributed by atoms with Crippen LogP contribution in [0.4, 0.5) is 0 Å². The Balaban J connectivity index is 2.88. The topological polar surface area (TPSA) is 46.2 Å². The van der Waals surface area contributed by atoms with Gasteiger partial charge in [0.15, 0.2) is 0 Å². The number of nitrogens with one attached hydrogen (secondary N) is 1. The van der Waals surface area contributed by atoms with Crippen molar-refractivity contribution in [2.75, 3.05) is 6.54 Å². The van der Waals surface area contributed by atoms with Gasteiger partial charge in [-0.05, 0) is 30.2 Å². The lowest BCUT2D eigenvalue weighted by Crippen LogP contribution is -2.27. The fourth-order valence-corrected chi connectivity index (χ4v) is 3.07. The fourth-order valence-electron chi connectivity index (χ4n) is 1.34. The Morgan fingerprint density at radius 1 is 1.15 bits per heavy atom. The van der Waals surface area contributed by atoms with E-state index in [1.807, 2.05) is 13.8 Å². The summed E-state index contributed by atoms with van der Waals surface area (Å²) in [6.45, 7) is 10.9. The lowest BCUT2D eigenvalue weighted by Gasteiger charge is -2.08. The van der Waals surface area contributed by atoms with Crippen molar-refractivity contribution < 1.29 is 8.42 Å². The zero-order valence-corrected chi connectivity index (χ0v) is 14.6. The van der Waals surface area contributed by atoms with Crippen LogP contribution in [0.15, 0.2) is 29.2 Å². The molecule has 0 aliphatic heterocycles. The molecule has 1 rings (SSSR count). The summed E-state index contributed by atoms with van der Waals surface area (Å²) in [5.41, 5.74) is 4.12. The lowest BCUT2D eigenvalue weighted by atomic mass is 10.2. The van der Waals surface area contributed by atoms with Crippen molar-refractivity contribution in [3.8, 4) is 11.5 Å². The summed E-state index contributed by atoms with van der Waals surface area (Å²) in [6, 6.07) is 6.74. The van der Waals surface area contributed by atoms with Crippen LogP contribution in [0.3, 0.4) is 0 Å².